The second kappa shape index (κ2) is 7.64. The number of rotatable bonds is 4. The van der Waals surface area contributed by atoms with E-state index in [-0.39, 0.29) is 0 Å². The molecule has 0 unspecified atom stereocenters. The molecule has 0 bridgehead atoms. The third-order valence-electron chi connectivity index (χ3n) is 5.53. The quantitative estimate of drug-likeness (QED) is 0.312. The molecule has 3 aromatic carbocycles. The fourth-order valence-electron chi connectivity index (χ4n) is 3.77. The first-order valence-corrected chi connectivity index (χ1v) is 10.3. The van der Waals surface area contributed by atoms with Crippen molar-refractivity contribution in [1.82, 2.24) is 4.98 Å². The van der Waals surface area contributed by atoms with Crippen molar-refractivity contribution in [2.45, 2.75) is 19.8 Å². The van der Waals surface area contributed by atoms with E-state index in [1.54, 1.807) is 0 Å². The summed E-state index contributed by atoms with van der Waals surface area (Å²) in [5.74, 6) is 1.39. The largest absolute Gasteiger partial charge is 0.454 e. The molecule has 5 rings (SSSR count). The smallest absolute Gasteiger partial charge is 0.153 e. The van der Waals surface area contributed by atoms with Gasteiger partial charge in [-0.2, -0.15) is 0 Å². The van der Waals surface area contributed by atoms with Crippen LogP contribution in [0.3, 0.4) is 0 Å². The van der Waals surface area contributed by atoms with Gasteiger partial charge in [-0.05, 0) is 40.8 Å². The predicted octanol–water partition coefficient (Wildman–Crippen LogP) is 7.95. The average Bonchev–Trinajstić information content (AvgIpc) is 3.23. The van der Waals surface area contributed by atoms with Crippen molar-refractivity contribution in [3.8, 4) is 33.7 Å². The molecule has 0 radical (unpaired) electrons. The summed E-state index contributed by atoms with van der Waals surface area (Å²) in [4.78, 5) is 4.66. The Hall–Kier alpha value is -3.65. The van der Waals surface area contributed by atoms with E-state index in [0.717, 1.165) is 33.6 Å². The van der Waals surface area contributed by atoms with Crippen molar-refractivity contribution >= 4 is 11.0 Å². The Morgan fingerprint density at radius 3 is 2.17 bits per heavy atom. The molecule has 2 heteroatoms. The van der Waals surface area contributed by atoms with E-state index in [1.165, 1.54) is 16.7 Å². The van der Waals surface area contributed by atoms with Gasteiger partial charge in [0.15, 0.2) is 5.58 Å². The van der Waals surface area contributed by atoms with Crippen LogP contribution in [0.5, 0.6) is 0 Å². The van der Waals surface area contributed by atoms with Gasteiger partial charge < -0.3 is 4.42 Å². The average molecular weight is 389 g/mol. The van der Waals surface area contributed by atoms with E-state index in [2.05, 4.69) is 104 Å². The minimum Gasteiger partial charge on any atom is -0.454 e. The van der Waals surface area contributed by atoms with E-state index >= 15 is 0 Å². The summed E-state index contributed by atoms with van der Waals surface area (Å²) in [6.07, 6.45) is 1.83. The highest BCUT2D eigenvalue weighted by atomic mass is 16.3. The molecule has 0 aliphatic heterocycles. The van der Waals surface area contributed by atoms with Crippen LogP contribution >= 0.6 is 0 Å². The molecular formula is C28H23NO. The summed E-state index contributed by atoms with van der Waals surface area (Å²) in [7, 11) is 0. The summed E-state index contributed by atoms with van der Waals surface area (Å²) in [5, 5.41) is 1.06. The second-order valence-corrected chi connectivity index (χ2v) is 7.94. The van der Waals surface area contributed by atoms with Crippen molar-refractivity contribution in [2.75, 3.05) is 0 Å². The molecule has 0 aliphatic carbocycles. The van der Waals surface area contributed by atoms with Crippen LogP contribution in [0.15, 0.2) is 102 Å². The number of aromatic nitrogens is 1. The van der Waals surface area contributed by atoms with Gasteiger partial charge in [-0.3, -0.25) is 4.98 Å². The first-order chi connectivity index (χ1) is 14.7. The minimum atomic E-state index is 0.521. The normalized spacial score (nSPS) is 11.3. The Balaban J connectivity index is 1.50. The molecule has 2 heterocycles. The van der Waals surface area contributed by atoms with E-state index in [4.69, 9.17) is 4.42 Å². The molecule has 0 aliphatic rings. The maximum Gasteiger partial charge on any atom is 0.153 e. The van der Waals surface area contributed by atoms with Crippen molar-refractivity contribution in [3.05, 3.63) is 103 Å². The lowest BCUT2D eigenvalue weighted by Gasteiger charge is -2.05. The van der Waals surface area contributed by atoms with Crippen LogP contribution in [0.1, 0.15) is 25.3 Å². The Morgan fingerprint density at radius 1 is 0.667 bits per heavy atom. The Bertz CT molecular complexity index is 1300. The fraction of sp³-hybridized carbons (Fsp3) is 0.107. The van der Waals surface area contributed by atoms with Crippen LogP contribution in [-0.2, 0) is 0 Å². The summed E-state index contributed by atoms with van der Waals surface area (Å²) >= 11 is 0. The zero-order chi connectivity index (χ0) is 20.5. The highest BCUT2D eigenvalue weighted by molar-refractivity contribution is 5.86. The molecule has 0 amide bonds. The molecule has 30 heavy (non-hydrogen) atoms. The van der Waals surface area contributed by atoms with Gasteiger partial charge in [-0.25, -0.2) is 0 Å². The molecule has 0 atom stereocenters. The molecule has 0 saturated carbocycles. The van der Waals surface area contributed by atoms with Crippen molar-refractivity contribution in [2.24, 2.45) is 0 Å². The SMILES string of the molecule is CC(C)c1ccc(-c2cc3cc(-c4cccc(-c5ccccc5)c4)ncc3o2)cc1. The first kappa shape index (κ1) is 18.4. The van der Waals surface area contributed by atoms with Crippen LogP contribution in [0, 0.1) is 0 Å². The van der Waals surface area contributed by atoms with Crippen molar-refractivity contribution in [1.29, 1.82) is 0 Å². The molecular weight excluding hydrogens is 366 g/mol. The number of hydrogen-bond donors (Lipinski definition) is 0. The summed E-state index contributed by atoms with van der Waals surface area (Å²) < 4.78 is 6.08. The third kappa shape index (κ3) is 3.53. The highest BCUT2D eigenvalue weighted by Gasteiger charge is 2.10. The third-order valence-corrected chi connectivity index (χ3v) is 5.53. The predicted molar refractivity (Wildman–Crippen MR) is 124 cm³/mol. The van der Waals surface area contributed by atoms with Gasteiger partial charge in [0.2, 0.25) is 0 Å². The molecule has 5 aromatic rings. The van der Waals surface area contributed by atoms with E-state index in [1.807, 2.05) is 12.3 Å². The fourth-order valence-corrected chi connectivity index (χ4v) is 3.77. The summed E-state index contributed by atoms with van der Waals surface area (Å²) in [6.45, 7) is 4.41. The van der Waals surface area contributed by atoms with Crippen LogP contribution in [0.4, 0.5) is 0 Å². The molecule has 146 valence electrons. The van der Waals surface area contributed by atoms with Gasteiger partial charge >= 0.3 is 0 Å². The van der Waals surface area contributed by atoms with Crippen molar-refractivity contribution < 1.29 is 4.42 Å². The Labute approximate surface area is 176 Å². The molecule has 0 fully saturated rings. The number of hydrogen-bond acceptors (Lipinski definition) is 2. The first-order valence-electron chi connectivity index (χ1n) is 10.3. The minimum absolute atomic E-state index is 0.521. The zero-order valence-corrected chi connectivity index (χ0v) is 17.2. The zero-order valence-electron chi connectivity index (χ0n) is 17.2. The van der Waals surface area contributed by atoms with Gasteiger partial charge in [0.25, 0.3) is 0 Å². The number of furan rings is 1. The van der Waals surface area contributed by atoms with Crippen LogP contribution in [0.2, 0.25) is 0 Å². The number of pyridine rings is 1. The number of benzene rings is 3. The maximum absolute atomic E-state index is 6.08. The lowest BCUT2D eigenvalue weighted by Crippen LogP contribution is -1.85. The van der Waals surface area contributed by atoms with Crippen LogP contribution in [0.25, 0.3) is 44.7 Å². The molecule has 0 saturated heterocycles. The lowest BCUT2D eigenvalue weighted by molar-refractivity contribution is 0.630. The molecule has 2 nitrogen and oxygen atoms in total. The second-order valence-electron chi connectivity index (χ2n) is 7.94. The van der Waals surface area contributed by atoms with E-state index in [9.17, 15) is 0 Å². The number of nitrogens with zero attached hydrogens (tertiary/aromatic N) is 1. The van der Waals surface area contributed by atoms with E-state index in [0.29, 0.717) is 5.92 Å². The molecule has 2 aromatic heterocycles. The lowest BCUT2D eigenvalue weighted by atomic mass is 10.0. The van der Waals surface area contributed by atoms with Crippen LogP contribution < -0.4 is 0 Å². The van der Waals surface area contributed by atoms with Crippen molar-refractivity contribution in [3.63, 3.8) is 0 Å². The van der Waals surface area contributed by atoms with Gasteiger partial charge in [0, 0.05) is 16.5 Å². The standard InChI is InChI=1S/C28H23NO/c1-19(2)20-11-13-22(14-12-20)27-17-25-16-26(29-18-28(25)30-27)24-10-6-9-23(15-24)21-7-4-3-5-8-21/h3-19H,1-2H3. The molecule has 0 spiro atoms. The van der Waals surface area contributed by atoms with Gasteiger partial charge in [-0.15, -0.1) is 0 Å². The monoisotopic (exact) mass is 389 g/mol. The Kier molecular flexibility index (Phi) is 4.68. The topological polar surface area (TPSA) is 26.0 Å². The summed E-state index contributed by atoms with van der Waals surface area (Å²) in [6, 6.07) is 31.7. The van der Waals surface area contributed by atoms with E-state index < -0.39 is 0 Å². The summed E-state index contributed by atoms with van der Waals surface area (Å²) in [5.41, 5.74) is 7.66. The van der Waals surface area contributed by atoms with Gasteiger partial charge in [0.1, 0.15) is 5.76 Å². The van der Waals surface area contributed by atoms with Gasteiger partial charge in [0.05, 0.1) is 11.9 Å². The number of fused-ring (bicyclic) bond motifs is 1. The molecule has 0 N–H and O–H groups in total. The Morgan fingerprint density at radius 2 is 1.40 bits per heavy atom. The maximum atomic E-state index is 6.08. The highest BCUT2D eigenvalue weighted by Crippen LogP contribution is 2.32. The van der Waals surface area contributed by atoms with Crippen LogP contribution in [-0.4, -0.2) is 4.98 Å². The van der Waals surface area contributed by atoms with Gasteiger partial charge in [-0.1, -0.05) is 86.6 Å².